The van der Waals surface area contributed by atoms with Crippen molar-refractivity contribution in [3.63, 3.8) is 0 Å². The van der Waals surface area contributed by atoms with Gasteiger partial charge in [-0.3, -0.25) is 10.1 Å². The Hall–Kier alpha value is -1.13. The van der Waals surface area contributed by atoms with E-state index in [4.69, 9.17) is 11.6 Å². The lowest BCUT2D eigenvalue weighted by molar-refractivity contribution is -0.384. The molecule has 0 spiro atoms. The summed E-state index contributed by atoms with van der Waals surface area (Å²) in [6, 6.07) is 5.19. The summed E-state index contributed by atoms with van der Waals surface area (Å²) in [7, 11) is 0. The molecule has 0 radical (unpaired) electrons. The number of hydrogen-bond acceptors (Lipinski definition) is 3. The summed E-state index contributed by atoms with van der Waals surface area (Å²) in [5.74, 6) is 0.686. The van der Waals surface area contributed by atoms with Gasteiger partial charge in [-0.25, -0.2) is 0 Å². The third-order valence-electron chi connectivity index (χ3n) is 3.91. The van der Waals surface area contributed by atoms with Crippen LogP contribution in [0.15, 0.2) is 18.2 Å². The fourth-order valence-electron chi connectivity index (χ4n) is 2.65. The molecule has 2 unspecified atom stereocenters. The Morgan fingerprint density at radius 2 is 2.16 bits per heavy atom. The van der Waals surface area contributed by atoms with Gasteiger partial charge < -0.3 is 5.32 Å². The number of nitro groups is 1. The quantitative estimate of drug-likeness (QED) is 0.673. The maximum atomic E-state index is 10.6. The van der Waals surface area contributed by atoms with Crippen LogP contribution in [0, 0.1) is 16.0 Å². The smallest absolute Gasteiger partial charge is 0.270 e. The number of nitrogens with zero attached hydrogens (tertiary/aromatic N) is 1. The lowest BCUT2D eigenvalue weighted by Gasteiger charge is -2.29. The monoisotopic (exact) mass is 282 g/mol. The minimum absolute atomic E-state index is 0.0415. The summed E-state index contributed by atoms with van der Waals surface area (Å²) in [6.45, 7) is 2.94. The number of hydrogen-bond donors (Lipinski definition) is 1. The lowest BCUT2D eigenvalue weighted by atomic mass is 9.86. The highest BCUT2D eigenvalue weighted by atomic mass is 35.5. The van der Waals surface area contributed by atoms with Crippen LogP contribution >= 0.6 is 11.6 Å². The Labute approximate surface area is 118 Å². The fourth-order valence-corrected chi connectivity index (χ4v) is 2.90. The molecule has 2 rings (SSSR count). The zero-order valence-corrected chi connectivity index (χ0v) is 11.8. The molecule has 0 aromatic heterocycles. The van der Waals surface area contributed by atoms with Gasteiger partial charge in [-0.2, -0.15) is 0 Å². The van der Waals surface area contributed by atoms with Gasteiger partial charge in [0.1, 0.15) is 0 Å². The first-order valence-electron chi connectivity index (χ1n) is 6.74. The Bertz CT molecular complexity index is 465. The van der Waals surface area contributed by atoms with Gasteiger partial charge in [-0.1, -0.05) is 31.4 Å². The Morgan fingerprint density at radius 3 is 2.79 bits per heavy atom. The molecule has 1 aliphatic carbocycles. The fraction of sp³-hybridized carbons (Fsp3) is 0.571. The topological polar surface area (TPSA) is 55.2 Å². The average Bonchev–Trinajstić information content (AvgIpc) is 2.39. The predicted molar refractivity (Wildman–Crippen MR) is 76.4 cm³/mol. The molecule has 0 aliphatic heterocycles. The first kappa shape index (κ1) is 14.3. The van der Waals surface area contributed by atoms with Crippen molar-refractivity contribution in [1.82, 2.24) is 5.32 Å². The molecule has 1 N–H and O–H groups in total. The third kappa shape index (κ3) is 3.67. The molecule has 2 atom stereocenters. The number of nitro benzene ring substituents is 1. The summed E-state index contributed by atoms with van der Waals surface area (Å²) < 4.78 is 0. The number of nitrogens with one attached hydrogen (secondary N) is 1. The molecule has 104 valence electrons. The predicted octanol–water partition coefficient (Wildman–Crippen LogP) is 3.92. The summed E-state index contributed by atoms with van der Waals surface area (Å²) in [4.78, 5) is 10.2. The number of benzene rings is 1. The first-order chi connectivity index (χ1) is 9.08. The van der Waals surface area contributed by atoms with E-state index >= 15 is 0 Å². The molecule has 1 aliphatic rings. The van der Waals surface area contributed by atoms with Gasteiger partial charge >= 0.3 is 0 Å². The van der Waals surface area contributed by atoms with Crippen LogP contribution in [-0.2, 0) is 6.54 Å². The van der Waals surface area contributed by atoms with Crippen LogP contribution in [0.3, 0.4) is 0 Å². The second kappa shape index (κ2) is 6.35. The molecule has 1 aromatic carbocycles. The summed E-state index contributed by atoms with van der Waals surface area (Å²) >= 11 is 6.08. The molecule has 19 heavy (non-hydrogen) atoms. The van der Waals surface area contributed by atoms with Gasteiger partial charge in [0.15, 0.2) is 0 Å². The molecule has 0 bridgehead atoms. The van der Waals surface area contributed by atoms with Crippen LogP contribution < -0.4 is 5.32 Å². The van der Waals surface area contributed by atoms with Gasteiger partial charge in [-0.15, -0.1) is 0 Å². The van der Waals surface area contributed by atoms with Gasteiger partial charge in [0.05, 0.1) is 9.95 Å². The van der Waals surface area contributed by atoms with Crippen molar-refractivity contribution in [3.8, 4) is 0 Å². The third-order valence-corrected chi connectivity index (χ3v) is 4.27. The highest BCUT2D eigenvalue weighted by Crippen LogP contribution is 2.26. The van der Waals surface area contributed by atoms with E-state index in [1.807, 2.05) is 0 Å². The average molecular weight is 283 g/mol. The summed E-state index contributed by atoms with van der Waals surface area (Å²) in [5, 5.41) is 14.6. The minimum atomic E-state index is -0.424. The Balaban J connectivity index is 1.97. The molecule has 0 heterocycles. The largest absolute Gasteiger partial charge is 0.310 e. The molecule has 1 fully saturated rings. The molecule has 0 amide bonds. The minimum Gasteiger partial charge on any atom is -0.310 e. The molecule has 1 saturated carbocycles. The highest BCUT2D eigenvalue weighted by Gasteiger charge is 2.20. The van der Waals surface area contributed by atoms with Gasteiger partial charge in [0.2, 0.25) is 0 Å². The van der Waals surface area contributed by atoms with Crippen molar-refractivity contribution >= 4 is 17.3 Å². The van der Waals surface area contributed by atoms with E-state index in [2.05, 4.69) is 12.2 Å². The Morgan fingerprint density at radius 1 is 1.42 bits per heavy atom. The van der Waals surface area contributed by atoms with Crippen molar-refractivity contribution in [2.45, 2.75) is 45.2 Å². The SMILES string of the molecule is CC1CCCCC1NCc1ccc([N+](=O)[O-])cc1Cl. The highest BCUT2D eigenvalue weighted by molar-refractivity contribution is 6.31. The molecule has 0 saturated heterocycles. The summed E-state index contributed by atoms with van der Waals surface area (Å²) in [6.07, 6.45) is 5.06. The number of non-ortho nitro benzene ring substituents is 1. The van der Waals surface area contributed by atoms with Gasteiger partial charge in [-0.05, 0) is 30.4 Å². The second-order valence-electron chi connectivity index (χ2n) is 5.28. The van der Waals surface area contributed by atoms with Crippen LogP contribution in [0.5, 0.6) is 0 Å². The number of rotatable bonds is 4. The first-order valence-corrected chi connectivity index (χ1v) is 7.12. The van der Waals surface area contributed by atoms with Crippen LogP contribution in [0.4, 0.5) is 5.69 Å². The van der Waals surface area contributed by atoms with Crippen molar-refractivity contribution in [2.24, 2.45) is 5.92 Å². The van der Waals surface area contributed by atoms with Crippen LogP contribution in [0.1, 0.15) is 38.2 Å². The molecule has 4 nitrogen and oxygen atoms in total. The standard InChI is InChI=1S/C14H19ClN2O2/c1-10-4-2-3-5-14(10)16-9-11-6-7-12(17(18)19)8-13(11)15/h6-8,10,14,16H,2-5,9H2,1H3. The van der Waals surface area contributed by atoms with Crippen molar-refractivity contribution in [2.75, 3.05) is 0 Å². The summed E-state index contributed by atoms with van der Waals surface area (Å²) in [5.41, 5.74) is 0.963. The van der Waals surface area contributed by atoms with Gasteiger partial charge in [0.25, 0.3) is 5.69 Å². The van der Waals surface area contributed by atoms with E-state index < -0.39 is 4.92 Å². The van der Waals surface area contributed by atoms with E-state index in [1.165, 1.54) is 37.8 Å². The zero-order valence-electron chi connectivity index (χ0n) is 11.1. The van der Waals surface area contributed by atoms with Crippen molar-refractivity contribution in [3.05, 3.63) is 38.9 Å². The molecular formula is C14H19ClN2O2. The lowest BCUT2D eigenvalue weighted by Crippen LogP contribution is -2.36. The Kier molecular flexibility index (Phi) is 4.77. The van der Waals surface area contributed by atoms with Gasteiger partial charge in [0, 0.05) is 24.7 Å². The van der Waals surface area contributed by atoms with E-state index in [0.29, 0.717) is 23.5 Å². The molecule has 5 heteroatoms. The van der Waals surface area contributed by atoms with E-state index in [1.54, 1.807) is 6.07 Å². The maximum absolute atomic E-state index is 10.6. The second-order valence-corrected chi connectivity index (χ2v) is 5.69. The molecule has 1 aromatic rings. The normalized spacial score (nSPS) is 23.3. The van der Waals surface area contributed by atoms with E-state index in [0.717, 1.165) is 5.56 Å². The maximum Gasteiger partial charge on any atom is 0.270 e. The number of halogens is 1. The van der Waals surface area contributed by atoms with E-state index in [-0.39, 0.29) is 5.69 Å². The van der Waals surface area contributed by atoms with Crippen LogP contribution in [0.25, 0.3) is 0 Å². The van der Waals surface area contributed by atoms with Crippen LogP contribution in [0.2, 0.25) is 5.02 Å². The van der Waals surface area contributed by atoms with Crippen molar-refractivity contribution in [1.29, 1.82) is 0 Å². The van der Waals surface area contributed by atoms with E-state index in [9.17, 15) is 10.1 Å². The zero-order chi connectivity index (χ0) is 13.8. The van der Waals surface area contributed by atoms with Crippen molar-refractivity contribution < 1.29 is 4.92 Å². The molecular weight excluding hydrogens is 264 g/mol. The van der Waals surface area contributed by atoms with Crippen LogP contribution in [-0.4, -0.2) is 11.0 Å².